The van der Waals surface area contributed by atoms with E-state index >= 15 is 0 Å². The normalized spacial score (nSPS) is 10.4. The highest BCUT2D eigenvalue weighted by Crippen LogP contribution is 2.28. The summed E-state index contributed by atoms with van der Waals surface area (Å²) in [4.78, 5) is 0. The number of hydrogen-bond acceptors (Lipinski definition) is 2. The van der Waals surface area contributed by atoms with Gasteiger partial charge in [-0.1, -0.05) is 44.2 Å². The molecule has 0 aliphatic carbocycles. The van der Waals surface area contributed by atoms with Crippen LogP contribution in [0.1, 0.15) is 31.4 Å². The molecule has 2 aromatic carbocycles. The van der Waals surface area contributed by atoms with Crippen molar-refractivity contribution >= 4 is 5.57 Å². The van der Waals surface area contributed by atoms with Crippen LogP contribution in [-0.4, -0.2) is 14.2 Å². The lowest BCUT2D eigenvalue weighted by Gasteiger charge is -2.11. The molecule has 116 valence electrons. The maximum Gasteiger partial charge on any atom is 0.118 e. The van der Waals surface area contributed by atoms with Crippen molar-refractivity contribution in [3.05, 3.63) is 65.7 Å². The van der Waals surface area contributed by atoms with Crippen molar-refractivity contribution in [1.29, 1.82) is 0 Å². The quantitative estimate of drug-likeness (QED) is 0.731. The Balaban J connectivity index is 2.38. The first-order chi connectivity index (χ1) is 10.6. The van der Waals surface area contributed by atoms with Crippen molar-refractivity contribution in [2.75, 3.05) is 14.2 Å². The van der Waals surface area contributed by atoms with Crippen LogP contribution in [0.3, 0.4) is 0 Å². The van der Waals surface area contributed by atoms with E-state index in [1.54, 1.807) is 14.2 Å². The summed E-state index contributed by atoms with van der Waals surface area (Å²) in [5, 5.41) is 0. The number of ether oxygens (including phenoxy) is 2. The second-order valence-corrected chi connectivity index (χ2v) is 5.70. The summed E-state index contributed by atoms with van der Waals surface area (Å²) in [5.41, 5.74) is 3.65. The van der Waals surface area contributed by atoms with Gasteiger partial charge in [-0.2, -0.15) is 0 Å². The van der Waals surface area contributed by atoms with Gasteiger partial charge in [0.2, 0.25) is 0 Å². The minimum Gasteiger partial charge on any atom is -0.497 e. The van der Waals surface area contributed by atoms with Gasteiger partial charge in [0.1, 0.15) is 11.5 Å². The van der Waals surface area contributed by atoms with Crippen molar-refractivity contribution in [2.24, 2.45) is 5.92 Å². The average Bonchev–Trinajstić information content (AvgIpc) is 2.56. The number of allylic oxidation sites excluding steroid dienone is 1. The fraction of sp³-hybridized carbons (Fsp3) is 0.300. The smallest absolute Gasteiger partial charge is 0.118 e. The number of hydrogen-bond donors (Lipinski definition) is 0. The summed E-state index contributed by atoms with van der Waals surface area (Å²) in [6, 6.07) is 16.4. The first-order valence-corrected chi connectivity index (χ1v) is 7.63. The summed E-state index contributed by atoms with van der Waals surface area (Å²) >= 11 is 0. The largest absolute Gasteiger partial charge is 0.497 e. The number of benzene rings is 2. The molecule has 0 fully saturated rings. The Morgan fingerprint density at radius 3 is 1.55 bits per heavy atom. The summed E-state index contributed by atoms with van der Waals surface area (Å²) in [6.45, 7) is 4.46. The molecule has 0 radical (unpaired) electrons. The second kappa shape index (κ2) is 7.69. The first-order valence-electron chi connectivity index (χ1n) is 7.63. The van der Waals surface area contributed by atoms with Crippen LogP contribution in [0.4, 0.5) is 0 Å². The topological polar surface area (TPSA) is 18.5 Å². The van der Waals surface area contributed by atoms with Gasteiger partial charge >= 0.3 is 0 Å². The molecule has 0 atom stereocenters. The molecule has 0 saturated carbocycles. The summed E-state index contributed by atoms with van der Waals surface area (Å²) in [5.74, 6) is 2.38. The van der Waals surface area contributed by atoms with E-state index in [-0.39, 0.29) is 0 Å². The Morgan fingerprint density at radius 2 is 1.23 bits per heavy atom. The van der Waals surface area contributed by atoms with Crippen LogP contribution in [0.15, 0.2) is 54.6 Å². The molecule has 2 nitrogen and oxygen atoms in total. The Hall–Kier alpha value is -2.22. The summed E-state index contributed by atoms with van der Waals surface area (Å²) < 4.78 is 10.5. The van der Waals surface area contributed by atoms with Crippen molar-refractivity contribution in [2.45, 2.75) is 20.3 Å². The molecule has 2 heteroatoms. The van der Waals surface area contributed by atoms with E-state index in [0.717, 1.165) is 17.9 Å². The molecule has 0 aliphatic heterocycles. The molecule has 0 unspecified atom stereocenters. The predicted octanol–water partition coefficient (Wildman–Crippen LogP) is 5.18. The van der Waals surface area contributed by atoms with Crippen LogP contribution in [0.25, 0.3) is 5.57 Å². The Bertz CT molecular complexity index is 558. The highest BCUT2D eigenvalue weighted by atomic mass is 16.5. The van der Waals surface area contributed by atoms with Gasteiger partial charge in [0.15, 0.2) is 0 Å². The number of methoxy groups -OCH3 is 2. The molecule has 2 aromatic rings. The van der Waals surface area contributed by atoms with E-state index < -0.39 is 0 Å². The third-order valence-electron chi connectivity index (χ3n) is 3.60. The Kier molecular flexibility index (Phi) is 5.65. The third kappa shape index (κ3) is 4.14. The van der Waals surface area contributed by atoms with Gasteiger partial charge in [-0.05, 0) is 53.3 Å². The molecule has 0 aliphatic rings. The van der Waals surface area contributed by atoms with Crippen LogP contribution in [0, 0.1) is 5.92 Å². The fourth-order valence-corrected chi connectivity index (χ4v) is 2.30. The van der Waals surface area contributed by atoms with Gasteiger partial charge in [-0.15, -0.1) is 0 Å². The van der Waals surface area contributed by atoms with Crippen molar-refractivity contribution < 1.29 is 9.47 Å². The van der Waals surface area contributed by atoms with Crippen LogP contribution < -0.4 is 9.47 Å². The first kappa shape index (κ1) is 16.2. The molecule has 0 bridgehead atoms. The molecular formula is C20H24O2. The third-order valence-corrected chi connectivity index (χ3v) is 3.60. The zero-order valence-corrected chi connectivity index (χ0v) is 13.8. The maximum atomic E-state index is 5.25. The van der Waals surface area contributed by atoms with Crippen molar-refractivity contribution in [3.63, 3.8) is 0 Å². The highest BCUT2D eigenvalue weighted by molar-refractivity contribution is 5.80. The minimum absolute atomic E-state index is 0.631. The second-order valence-electron chi connectivity index (χ2n) is 5.70. The standard InChI is InChI=1S/C20H24O2/c1-15(2)5-14-20(16-6-10-18(21-3)11-7-16)17-8-12-19(22-4)13-9-17/h6-15H,5H2,1-4H3. The van der Waals surface area contributed by atoms with E-state index in [1.807, 2.05) is 24.3 Å². The predicted molar refractivity (Wildman–Crippen MR) is 92.5 cm³/mol. The van der Waals surface area contributed by atoms with Crippen LogP contribution >= 0.6 is 0 Å². The van der Waals surface area contributed by atoms with Crippen molar-refractivity contribution in [1.82, 2.24) is 0 Å². The zero-order chi connectivity index (χ0) is 15.9. The highest BCUT2D eigenvalue weighted by Gasteiger charge is 2.06. The number of rotatable bonds is 6. The lowest BCUT2D eigenvalue weighted by molar-refractivity contribution is 0.414. The molecular weight excluding hydrogens is 272 g/mol. The minimum atomic E-state index is 0.631. The molecule has 0 saturated heterocycles. The van der Waals surface area contributed by atoms with Gasteiger partial charge in [0.25, 0.3) is 0 Å². The van der Waals surface area contributed by atoms with E-state index in [2.05, 4.69) is 44.2 Å². The van der Waals surface area contributed by atoms with Crippen LogP contribution in [0.2, 0.25) is 0 Å². The summed E-state index contributed by atoms with van der Waals surface area (Å²) in [6.07, 6.45) is 3.36. The molecule has 0 heterocycles. The average molecular weight is 296 g/mol. The summed E-state index contributed by atoms with van der Waals surface area (Å²) in [7, 11) is 3.38. The molecule has 0 aromatic heterocycles. The lowest BCUT2D eigenvalue weighted by atomic mass is 9.95. The monoisotopic (exact) mass is 296 g/mol. The molecule has 0 amide bonds. The molecule has 2 rings (SSSR count). The zero-order valence-electron chi connectivity index (χ0n) is 13.8. The SMILES string of the molecule is COc1ccc(C(=CCC(C)C)c2ccc(OC)cc2)cc1. The van der Waals surface area contributed by atoms with E-state index in [0.29, 0.717) is 5.92 Å². The van der Waals surface area contributed by atoms with Gasteiger partial charge in [-0.3, -0.25) is 0 Å². The maximum absolute atomic E-state index is 5.25. The molecule has 0 spiro atoms. The van der Waals surface area contributed by atoms with Gasteiger partial charge in [-0.25, -0.2) is 0 Å². The van der Waals surface area contributed by atoms with Gasteiger partial charge < -0.3 is 9.47 Å². The van der Waals surface area contributed by atoms with Gasteiger partial charge in [0, 0.05) is 0 Å². The fourth-order valence-electron chi connectivity index (χ4n) is 2.30. The van der Waals surface area contributed by atoms with E-state index in [1.165, 1.54) is 16.7 Å². The van der Waals surface area contributed by atoms with E-state index in [9.17, 15) is 0 Å². The van der Waals surface area contributed by atoms with Crippen LogP contribution in [-0.2, 0) is 0 Å². The van der Waals surface area contributed by atoms with Gasteiger partial charge in [0.05, 0.1) is 14.2 Å². The van der Waals surface area contributed by atoms with Crippen molar-refractivity contribution in [3.8, 4) is 11.5 Å². The van der Waals surface area contributed by atoms with Crippen LogP contribution in [0.5, 0.6) is 11.5 Å². The Labute approximate surface area is 133 Å². The molecule has 22 heavy (non-hydrogen) atoms. The lowest BCUT2D eigenvalue weighted by Crippen LogP contribution is -1.92. The Morgan fingerprint density at radius 1 is 0.818 bits per heavy atom. The van der Waals surface area contributed by atoms with E-state index in [4.69, 9.17) is 9.47 Å². The molecule has 0 N–H and O–H groups in total.